The maximum atomic E-state index is 13.9. The van der Waals surface area contributed by atoms with Gasteiger partial charge in [-0.1, -0.05) is 6.07 Å². The molecule has 6 heteroatoms. The Kier molecular flexibility index (Phi) is 4.92. The van der Waals surface area contributed by atoms with E-state index in [0.717, 1.165) is 6.54 Å². The fourth-order valence-corrected chi connectivity index (χ4v) is 2.23. The van der Waals surface area contributed by atoms with Crippen molar-refractivity contribution in [2.24, 2.45) is 0 Å². The standard InChI is InChI=1S/C14H19FN2O3/c1-9(13-10(15)4-3-5-11(13)19-2)17-14(18)12-8-16-6-7-20-12/h3-5,9,12,16H,6-8H2,1-2H3,(H,17,18). The van der Waals surface area contributed by atoms with Gasteiger partial charge in [-0.05, 0) is 19.1 Å². The first kappa shape index (κ1) is 14.7. The Labute approximate surface area is 117 Å². The molecule has 0 spiro atoms. The number of ether oxygens (including phenoxy) is 2. The maximum absolute atomic E-state index is 13.9. The van der Waals surface area contributed by atoms with E-state index in [0.29, 0.717) is 24.5 Å². The zero-order valence-corrected chi connectivity index (χ0v) is 11.6. The van der Waals surface area contributed by atoms with Gasteiger partial charge in [0.1, 0.15) is 17.7 Å². The average Bonchev–Trinajstić information content (AvgIpc) is 2.47. The summed E-state index contributed by atoms with van der Waals surface area (Å²) in [5.41, 5.74) is 0.340. The molecule has 2 atom stereocenters. The molecule has 1 aliphatic rings. The Hall–Kier alpha value is -1.66. The number of hydrogen-bond donors (Lipinski definition) is 2. The molecule has 110 valence electrons. The van der Waals surface area contributed by atoms with E-state index in [1.165, 1.54) is 13.2 Å². The van der Waals surface area contributed by atoms with Crippen LogP contribution < -0.4 is 15.4 Å². The summed E-state index contributed by atoms with van der Waals surface area (Å²) >= 11 is 0. The number of morpholine rings is 1. The van der Waals surface area contributed by atoms with Crippen LogP contribution in [-0.2, 0) is 9.53 Å². The maximum Gasteiger partial charge on any atom is 0.250 e. The molecule has 0 radical (unpaired) electrons. The second kappa shape index (κ2) is 6.67. The van der Waals surface area contributed by atoms with Crippen LogP contribution >= 0.6 is 0 Å². The quantitative estimate of drug-likeness (QED) is 0.865. The first-order valence-electron chi connectivity index (χ1n) is 6.58. The van der Waals surface area contributed by atoms with Crippen molar-refractivity contribution in [1.29, 1.82) is 0 Å². The summed E-state index contributed by atoms with van der Waals surface area (Å²) in [4.78, 5) is 12.1. The van der Waals surface area contributed by atoms with Gasteiger partial charge in [-0.25, -0.2) is 4.39 Å². The number of carbonyl (C=O) groups is 1. The lowest BCUT2D eigenvalue weighted by Crippen LogP contribution is -2.48. The Balaban J connectivity index is 2.07. The van der Waals surface area contributed by atoms with Gasteiger partial charge in [-0.3, -0.25) is 4.79 Å². The van der Waals surface area contributed by atoms with Crippen LogP contribution in [0.15, 0.2) is 18.2 Å². The molecule has 1 heterocycles. The average molecular weight is 282 g/mol. The van der Waals surface area contributed by atoms with E-state index in [1.807, 2.05) is 0 Å². The van der Waals surface area contributed by atoms with Gasteiger partial charge < -0.3 is 20.1 Å². The van der Waals surface area contributed by atoms with Gasteiger partial charge in [0.05, 0.1) is 25.3 Å². The van der Waals surface area contributed by atoms with Gasteiger partial charge in [-0.2, -0.15) is 0 Å². The summed E-state index contributed by atoms with van der Waals surface area (Å²) in [6, 6.07) is 4.09. The number of rotatable bonds is 4. The van der Waals surface area contributed by atoms with Crippen molar-refractivity contribution in [1.82, 2.24) is 10.6 Å². The Morgan fingerprint density at radius 2 is 2.40 bits per heavy atom. The van der Waals surface area contributed by atoms with Crippen molar-refractivity contribution in [3.63, 3.8) is 0 Å². The van der Waals surface area contributed by atoms with E-state index in [2.05, 4.69) is 10.6 Å². The van der Waals surface area contributed by atoms with Crippen molar-refractivity contribution in [2.45, 2.75) is 19.1 Å². The van der Waals surface area contributed by atoms with Gasteiger partial charge in [0.15, 0.2) is 0 Å². The second-order valence-corrected chi connectivity index (χ2v) is 4.65. The number of halogens is 1. The first-order valence-corrected chi connectivity index (χ1v) is 6.58. The van der Waals surface area contributed by atoms with E-state index in [9.17, 15) is 9.18 Å². The van der Waals surface area contributed by atoms with Gasteiger partial charge in [0, 0.05) is 13.1 Å². The van der Waals surface area contributed by atoms with Crippen LogP contribution in [0.3, 0.4) is 0 Å². The van der Waals surface area contributed by atoms with E-state index in [4.69, 9.17) is 9.47 Å². The molecule has 1 saturated heterocycles. The van der Waals surface area contributed by atoms with Crippen LogP contribution in [0.2, 0.25) is 0 Å². The molecule has 1 fully saturated rings. The van der Waals surface area contributed by atoms with Crippen molar-refractivity contribution in [2.75, 3.05) is 26.8 Å². The SMILES string of the molecule is COc1cccc(F)c1C(C)NC(=O)C1CNCCO1. The van der Waals surface area contributed by atoms with Gasteiger partial charge in [-0.15, -0.1) is 0 Å². The van der Waals surface area contributed by atoms with Crippen molar-refractivity contribution in [3.05, 3.63) is 29.6 Å². The number of benzene rings is 1. The Morgan fingerprint density at radius 1 is 1.60 bits per heavy atom. The summed E-state index contributed by atoms with van der Waals surface area (Å²) in [6.07, 6.45) is -0.538. The summed E-state index contributed by atoms with van der Waals surface area (Å²) < 4.78 is 24.4. The number of methoxy groups -OCH3 is 1. The molecule has 5 nitrogen and oxygen atoms in total. The van der Waals surface area contributed by atoms with Crippen molar-refractivity contribution >= 4 is 5.91 Å². The lowest BCUT2D eigenvalue weighted by Gasteiger charge is -2.25. The molecular weight excluding hydrogens is 263 g/mol. The van der Waals surface area contributed by atoms with Crippen LogP contribution in [-0.4, -0.2) is 38.8 Å². The highest BCUT2D eigenvalue weighted by molar-refractivity contribution is 5.81. The molecule has 0 bridgehead atoms. The normalized spacial score (nSPS) is 20.2. The van der Waals surface area contributed by atoms with Gasteiger partial charge in [0.2, 0.25) is 0 Å². The zero-order valence-electron chi connectivity index (χ0n) is 11.6. The molecule has 0 saturated carbocycles. The molecule has 1 aliphatic heterocycles. The molecular formula is C14H19FN2O3. The zero-order chi connectivity index (χ0) is 14.5. The molecule has 2 rings (SSSR count). The lowest BCUT2D eigenvalue weighted by molar-refractivity contribution is -0.134. The third-order valence-electron chi connectivity index (χ3n) is 3.24. The summed E-state index contributed by atoms with van der Waals surface area (Å²) in [6.45, 7) is 3.41. The van der Waals surface area contributed by atoms with Crippen LogP contribution in [0.25, 0.3) is 0 Å². The minimum absolute atomic E-state index is 0.255. The predicted molar refractivity (Wildman–Crippen MR) is 72.1 cm³/mol. The molecule has 1 aromatic rings. The molecule has 2 unspecified atom stereocenters. The minimum Gasteiger partial charge on any atom is -0.496 e. The van der Waals surface area contributed by atoms with E-state index in [1.54, 1.807) is 19.1 Å². The topological polar surface area (TPSA) is 59.6 Å². The summed E-state index contributed by atoms with van der Waals surface area (Å²) in [5, 5.41) is 5.84. The largest absolute Gasteiger partial charge is 0.496 e. The van der Waals surface area contributed by atoms with Crippen molar-refractivity contribution < 1.29 is 18.7 Å². The monoisotopic (exact) mass is 282 g/mol. The predicted octanol–water partition coefficient (Wildman–Crippen LogP) is 1.000. The van der Waals surface area contributed by atoms with Gasteiger partial charge in [0.25, 0.3) is 5.91 Å². The van der Waals surface area contributed by atoms with Gasteiger partial charge >= 0.3 is 0 Å². The van der Waals surface area contributed by atoms with E-state index in [-0.39, 0.29) is 5.91 Å². The molecule has 1 amide bonds. The molecule has 2 N–H and O–H groups in total. The highest BCUT2D eigenvalue weighted by Gasteiger charge is 2.25. The highest BCUT2D eigenvalue weighted by Crippen LogP contribution is 2.27. The number of hydrogen-bond acceptors (Lipinski definition) is 4. The van der Waals surface area contributed by atoms with E-state index < -0.39 is 18.0 Å². The highest BCUT2D eigenvalue weighted by atomic mass is 19.1. The summed E-state index contributed by atoms with van der Waals surface area (Å²) in [7, 11) is 1.47. The van der Waals surface area contributed by atoms with Crippen LogP contribution in [0.5, 0.6) is 5.75 Å². The third kappa shape index (κ3) is 3.26. The molecule has 0 aliphatic carbocycles. The fourth-order valence-electron chi connectivity index (χ4n) is 2.23. The Bertz CT molecular complexity index is 475. The fraction of sp³-hybridized carbons (Fsp3) is 0.500. The minimum atomic E-state index is -0.538. The number of carbonyl (C=O) groups excluding carboxylic acids is 1. The van der Waals surface area contributed by atoms with Crippen LogP contribution in [0.1, 0.15) is 18.5 Å². The summed E-state index contributed by atoms with van der Waals surface area (Å²) in [5.74, 6) is -0.240. The lowest BCUT2D eigenvalue weighted by atomic mass is 10.1. The number of amides is 1. The van der Waals surface area contributed by atoms with Crippen molar-refractivity contribution in [3.8, 4) is 5.75 Å². The van der Waals surface area contributed by atoms with E-state index >= 15 is 0 Å². The van der Waals surface area contributed by atoms with Crippen LogP contribution in [0.4, 0.5) is 4.39 Å². The molecule has 1 aromatic carbocycles. The first-order chi connectivity index (χ1) is 9.63. The van der Waals surface area contributed by atoms with Crippen LogP contribution in [0, 0.1) is 5.82 Å². The molecule has 0 aromatic heterocycles. The Morgan fingerprint density at radius 3 is 3.05 bits per heavy atom. The smallest absolute Gasteiger partial charge is 0.250 e. The number of nitrogens with one attached hydrogen (secondary N) is 2. The molecule has 20 heavy (non-hydrogen) atoms. The second-order valence-electron chi connectivity index (χ2n) is 4.65. The third-order valence-corrected chi connectivity index (χ3v) is 3.24.